The number of carbonyl (C=O) groups is 1. The Kier molecular flexibility index (Phi) is 4.30. The number of thiazole rings is 1. The van der Waals surface area contributed by atoms with Crippen LogP contribution in [-0.2, 0) is 4.79 Å². The average Bonchev–Trinajstić information content (AvgIpc) is 3.25. The molecule has 1 N–H and O–H groups in total. The number of rotatable bonds is 4. The summed E-state index contributed by atoms with van der Waals surface area (Å²) in [6, 6.07) is 18.2. The van der Waals surface area contributed by atoms with Crippen molar-refractivity contribution in [2.75, 3.05) is 5.32 Å². The highest BCUT2D eigenvalue weighted by atomic mass is 32.1. The summed E-state index contributed by atoms with van der Waals surface area (Å²) < 4.78 is 1.10. The fraction of sp³-hybridized carbons (Fsp3) is 0.300. The molecule has 0 saturated heterocycles. The van der Waals surface area contributed by atoms with E-state index < -0.39 is 0 Å². The zero-order chi connectivity index (χ0) is 16.4. The molecule has 1 aromatic heterocycles. The average molecular weight is 336 g/mol. The van der Waals surface area contributed by atoms with Crippen molar-refractivity contribution in [3.05, 3.63) is 60.2 Å². The number of benzene rings is 2. The molecule has 24 heavy (non-hydrogen) atoms. The molecule has 1 fully saturated rings. The monoisotopic (exact) mass is 336 g/mol. The maximum atomic E-state index is 13.0. The Labute approximate surface area is 145 Å². The third-order valence-corrected chi connectivity index (χ3v) is 5.79. The summed E-state index contributed by atoms with van der Waals surface area (Å²) in [5, 5.41) is 3.77. The second-order valence-electron chi connectivity index (χ2n) is 6.41. The van der Waals surface area contributed by atoms with E-state index in [1.165, 1.54) is 24.2 Å². The van der Waals surface area contributed by atoms with Gasteiger partial charge >= 0.3 is 0 Å². The lowest BCUT2D eigenvalue weighted by Crippen LogP contribution is -2.26. The highest BCUT2D eigenvalue weighted by Crippen LogP contribution is 2.38. The number of anilines is 1. The van der Waals surface area contributed by atoms with Gasteiger partial charge in [0.1, 0.15) is 0 Å². The molecule has 1 saturated carbocycles. The number of nitrogens with one attached hydrogen (secondary N) is 1. The van der Waals surface area contributed by atoms with Crippen LogP contribution in [0.1, 0.15) is 37.2 Å². The molecule has 3 aromatic rings. The number of amides is 1. The highest BCUT2D eigenvalue weighted by molar-refractivity contribution is 7.22. The zero-order valence-corrected chi connectivity index (χ0v) is 14.3. The van der Waals surface area contributed by atoms with Gasteiger partial charge in [-0.2, -0.15) is 0 Å². The van der Waals surface area contributed by atoms with E-state index >= 15 is 0 Å². The van der Waals surface area contributed by atoms with Crippen LogP contribution in [0.2, 0.25) is 0 Å². The second kappa shape index (κ2) is 6.73. The minimum atomic E-state index is -0.0827. The maximum Gasteiger partial charge on any atom is 0.233 e. The van der Waals surface area contributed by atoms with Gasteiger partial charge in [-0.25, -0.2) is 4.98 Å². The molecule has 0 bridgehead atoms. The summed E-state index contributed by atoms with van der Waals surface area (Å²) in [6.45, 7) is 0. The van der Waals surface area contributed by atoms with Gasteiger partial charge in [-0.05, 0) is 36.5 Å². The predicted octanol–water partition coefficient (Wildman–Crippen LogP) is 5.21. The van der Waals surface area contributed by atoms with Gasteiger partial charge in [0.25, 0.3) is 0 Å². The molecule has 0 aliphatic heterocycles. The minimum absolute atomic E-state index is 0.0761. The van der Waals surface area contributed by atoms with Crippen molar-refractivity contribution in [3.63, 3.8) is 0 Å². The number of hydrogen-bond donors (Lipinski definition) is 1. The topological polar surface area (TPSA) is 42.0 Å². The van der Waals surface area contributed by atoms with Gasteiger partial charge in [-0.1, -0.05) is 66.6 Å². The molecule has 1 amide bonds. The predicted molar refractivity (Wildman–Crippen MR) is 99.4 cm³/mol. The Balaban J connectivity index is 1.61. The summed E-state index contributed by atoms with van der Waals surface area (Å²) >= 11 is 1.54. The minimum Gasteiger partial charge on any atom is -0.301 e. The standard InChI is InChI=1S/C20H20N2OS/c23-19(22-20-21-16-12-6-7-13-17(16)24-20)18(15-10-4-5-11-15)14-8-2-1-3-9-14/h1-3,6-9,12-13,15,18H,4-5,10-11H2,(H,21,22,23). The van der Waals surface area contributed by atoms with Crippen LogP contribution < -0.4 is 5.32 Å². The first-order valence-electron chi connectivity index (χ1n) is 8.52. The van der Waals surface area contributed by atoms with Gasteiger partial charge in [-0.15, -0.1) is 0 Å². The Morgan fingerprint density at radius 2 is 1.75 bits per heavy atom. The van der Waals surface area contributed by atoms with Crippen molar-refractivity contribution in [1.82, 2.24) is 4.98 Å². The second-order valence-corrected chi connectivity index (χ2v) is 7.44. The van der Waals surface area contributed by atoms with E-state index in [-0.39, 0.29) is 11.8 Å². The molecule has 1 atom stereocenters. The maximum absolute atomic E-state index is 13.0. The molecule has 122 valence electrons. The normalized spacial score (nSPS) is 16.3. The molecule has 1 aliphatic carbocycles. The fourth-order valence-corrected chi connectivity index (χ4v) is 4.57. The highest BCUT2D eigenvalue weighted by Gasteiger charge is 2.32. The van der Waals surface area contributed by atoms with E-state index in [2.05, 4.69) is 22.4 Å². The van der Waals surface area contributed by atoms with Crippen molar-refractivity contribution in [2.45, 2.75) is 31.6 Å². The zero-order valence-electron chi connectivity index (χ0n) is 13.4. The van der Waals surface area contributed by atoms with Crippen molar-refractivity contribution in [3.8, 4) is 0 Å². The number of carbonyl (C=O) groups excluding carboxylic acids is 1. The Hall–Kier alpha value is -2.20. The molecule has 1 heterocycles. The van der Waals surface area contributed by atoms with Crippen molar-refractivity contribution < 1.29 is 4.79 Å². The van der Waals surface area contributed by atoms with Crippen LogP contribution in [0.15, 0.2) is 54.6 Å². The summed E-state index contributed by atoms with van der Waals surface area (Å²) in [7, 11) is 0. The molecule has 1 unspecified atom stereocenters. The van der Waals surface area contributed by atoms with Crippen LogP contribution in [0, 0.1) is 5.92 Å². The van der Waals surface area contributed by atoms with Crippen LogP contribution in [-0.4, -0.2) is 10.9 Å². The quantitative estimate of drug-likeness (QED) is 0.710. The molecular weight excluding hydrogens is 316 g/mol. The Morgan fingerprint density at radius 3 is 2.50 bits per heavy atom. The van der Waals surface area contributed by atoms with E-state index in [0.717, 1.165) is 28.6 Å². The van der Waals surface area contributed by atoms with Gasteiger partial charge in [0.15, 0.2) is 5.13 Å². The van der Waals surface area contributed by atoms with Crippen LogP contribution in [0.5, 0.6) is 0 Å². The van der Waals surface area contributed by atoms with Crippen LogP contribution in [0.3, 0.4) is 0 Å². The number of para-hydroxylation sites is 1. The first-order valence-corrected chi connectivity index (χ1v) is 9.34. The van der Waals surface area contributed by atoms with Gasteiger partial charge in [0.05, 0.1) is 16.1 Å². The first-order chi connectivity index (χ1) is 11.8. The van der Waals surface area contributed by atoms with Crippen molar-refractivity contribution >= 4 is 32.6 Å². The third kappa shape index (κ3) is 3.06. The van der Waals surface area contributed by atoms with Gasteiger partial charge in [0, 0.05) is 0 Å². The SMILES string of the molecule is O=C(Nc1nc2ccccc2s1)C(c1ccccc1)C1CCCC1. The first kappa shape index (κ1) is 15.3. The third-order valence-electron chi connectivity index (χ3n) is 4.84. The van der Waals surface area contributed by atoms with Gasteiger partial charge in [0.2, 0.25) is 5.91 Å². The fourth-order valence-electron chi connectivity index (χ4n) is 3.70. The van der Waals surface area contributed by atoms with Crippen LogP contribution in [0.4, 0.5) is 5.13 Å². The van der Waals surface area contributed by atoms with E-state index in [1.54, 1.807) is 0 Å². The van der Waals surface area contributed by atoms with E-state index in [4.69, 9.17) is 0 Å². The van der Waals surface area contributed by atoms with E-state index in [9.17, 15) is 4.79 Å². The Bertz CT molecular complexity index is 804. The molecule has 0 radical (unpaired) electrons. The molecule has 2 aromatic carbocycles. The van der Waals surface area contributed by atoms with E-state index in [0.29, 0.717) is 11.0 Å². The summed E-state index contributed by atoms with van der Waals surface area (Å²) in [5.41, 5.74) is 2.05. The molecule has 0 spiro atoms. The lowest BCUT2D eigenvalue weighted by Gasteiger charge is -2.22. The van der Waals surface area contributed by atoms with Crippen LogP contribution in [0.25, 0.3) is 10.2 Å². The summed E-state index contributed by atoms with van der Waals surface area (Å²) in [6.07, 6.45) is 4.71. The molecule has 1 aliphatic rings. The molecule has 4 rings (SSSR count). The summed E-state index contributed by atoms with van der Waals surface area (Å²) in [4.78, 5) is 17.6. The molecular formula is C20H20N2OS. The van der Waals surface area contributed by atoms with Crippen molar-refractivity contribution in [2.24, 2.45) is 5.92 Å². The smallest absolute Gasteiger partial charge is 0.233 e. The van der Waals surface area contributed by atoms with Gasteiger partial charge in [-0.3, -0.25) is 4.79 Å². The number of fused-ring (bicyclic) bond motifs is 1. The molecule has 4 heteroatoms. The number of aromatic nitrogens is 1. The lowest BCUT2D eigenvalue weighted by molar-refractivity contribution is -0.118. The number of hydrogen-bond acceptors (Lipinski definition) is 3. The molecule has 3 nitrogen and oxygen atoms in total. The lowest BCUT2D eigenvalue weighted by atomic mass is 9.84. The van der Waals surface area contributed by atoms with Gasteiger partial charge < -0.3 is 5.32 Å². The van der Waals surface area contributed by atoms with Crippen LogP contribution >= 0.6 is 11.3 Å². The Morgan fingerprint density at radius 1 is 1.04 bits per heavy atom. The summed E-state index contributed by atoms with van der Waals surface area (Å²) in [5.74, 6) is 0.426. The number of nitrogens with zero attached hydrogens (tertiary/aromatic N) is 1. The largest absolute Gasteiger partial charge is 0.301 e. The van der Waals surface area contributed by atoms with Crippen molar-refractivity contribution in [1.29, 1.82) is 0 Å². The van der Waals surface area contributed by atoms with E-state index in [1.807, 2.05) is 42.5 Å².